The van der Waals surface area contributed by atoms with Gasteiger partial charge in [0.2, 0.25) is 0 Å². The van der Waals surface area contributed by atoms with E-state index >= 15 is 0 Å². The van der Waals surface area contributed by atoms with Crippen LogP contribution in [0.4, 0.5) is 0 Å². The topological polar surface area (TPSA) is 66.8 Å². The molecule has 2 aromatic rings. The van der Waals surface area contributed by atoms with Crippen LogP contribution in [0.3, 0.4) is 0 Å². The van der Waals surface area contributed by atoms with E-state index in [1.807, 2.05) is 23.6 Å². The average Bonchev–Trinajstić information content (AvgIpc) is 2.85. The molecule has 0 aliphatic heterocycles. The molecule has 0 amide bonds. The van der Waals surface area contributed by atoms with Crippen molar-refractivity contribution in [2.75, 3.05) is 6.61 Å². The van der Waals surface area contributed by atoms with Gasteiger partial charge in [0.25, 0.3) is 0 Å². The number of aliphatic hydroxyl groups excluding tert-OH is 2. The van der Waals surface area contributed by atoms with E-state index < -0.39 is 18.2 Å². The summed E-state index contributed by atoms with van der Waals surface area (Å²) in [4.78, 5) is 11.3. The van der Waals surface area contributed by atoms with Gasteiger partial charge in [-0.05, 0) is 35.4 Å². The first-order chi connectivity index (χ1) is 9.11. The third-order valence-corrected chi connectivity index (χ3v) is 3.75. The Morgan fingerprint density at radius 1 is 1.37 bits per heavy atom. The van der Waals surface area contributed by atoms with E-state index in [0.29, 0.717) is 5.56 Å². The molecule has 2 unspecified atom stereocenters. The molecular weight excluding hydrogens is 264 g/mol. The first-order valence-electron chi connectivity index (χ1n) is 6.10. The highest BCUT2D eigenvalue weighted by molar-refractivity contribution is 7.17. The minimum Gasteiger partial charge on any atom is -0.466 e. The first kappa shape index (κ1) is 14.0. The predicted octanol–water partition coefficient (Wildman–Crippen LogP) is 2.25. The summed E-state index contributed by atoms with van der Waals surface area (Å²) in [6.45, 7) is 1.97. The van der Waals surface area contributed by atoms with Gasteiger partial charge in [-0.15, -0.1) is 11.3 Å². The zero-order chi connectivity index (χ0) is 13.8. The molecule has 0 saturated carbocycles. The highest BCUT2D eigenvalue weighted by Gasteiger charge is 2.22. The van der Waals surface area contributed by atoms with Crippen LogP contribution >= 0.6 is 11.3 Å². The lowest BCUT2D eigenvalue weighted by Crippen LogP contribution is -2.23. The fraction of sp³-hybridized carbons (Fsp3) is 0.357. The van der Waals surface area contributed by atoms with Crippen molar-refractivity contribution in [3.8, 4) is 0 Å². The van der Waals surface area contributed by atoms with Crippen LogP contribution in [-0.4, -0.2) is 28.9 Å². The third kappa shape index (κ3) is 3.32. The fourth-order valence-electron chi connectivity index (χ4n) is 1.88. The summed E-state index contributed by atoms with van der Waals surface area (Å²) in [6.07, 6.45) is -2.45. The van der Waals surface area contributed by atoms with E-state index in [0.717, 1.165) is 10.1 Å². The van der Waals surface area contributed by atoms with Crippen molar-refractivity contribution in [2.24, 2.45) is 0 Å². The number of esters is 1. The van der Waals surface area contributed by atoms with Gasteiger partial charge < -0.3 is 14.9 Å². The van der Waals surface area contributed by atoms with Crippen LogP contribution < -0.4 is 0 Å². The first-order valence-corrected chi connectivity index (χ1v) is 6.98. The van der Waals surface area contributed by atoms with Crippen LogP contribution in [0.1, 0.15) is 25.0 Å². The highest BCUT2D eigenvalue weighted by atomic mass is 32.1. The number of rotatable bonds is 5. The van der Waals surface area contributed by atoms with Crippen molar-refractivity contribution in [3.63, 3.8) is 0 Å². The van der Waals surface area contributed by atoms with Crippen LogP contribution in [0.2, 0.25) is 0 Å². The predicted molar refractivity (Wildman–Crippen MR) is 74.0 cm³/mol. The Bertz CT molecular complexity index is 563. The molecule has 1 aromatic carbocycles. The Labute approximate surface area is 115 Å². The lowest BCUT2D eigenvalue weighted by molar-refractivity contribution is -0.147. The SMILES string of the molecule is CCOC(=O)CC(O)C(O)c1ccc2ccsc2c1. The maximum Gasteiger partial charge on any atom is 0.308 e. The number of ether oxygens (including phenoxy) is 1. The molecule has 0 spiro atoms. The van der Waals surface area contributed by atoms with Gasteiger partial charge in [-0.1, -0.05) is 12.1 Å². The van der Waals surface area contributed by atoms with Gasteiger partial charge in [0.05, 0.1) is 19.1 Å². The molecule has 19 heavy (non-hydrogen) atoms. The molecule has 0 fully saturated rings. The van der Waals surface area contributed by atoms with E-state index in [-0.39, 0.29) is 13.0 Å². The molecule has 102 valence electrons. The van der Waals surface area contributed by atoms with Crippen LogP contribution in [0, 0.1) is 0 Å². The van der Waals surface area contributed by atoms with E-state index in [9.17, 15) is 15.0 Å². The average molecular weight is 280 g/mol. The van der Waals surface area contributed by atoms with Crippen molar-refractivity contribution in [3.05, 3.63) is 35.2 Å². The Morgan fingerprint density at radius 3 is 2.89 bits per heavy atom. The second kappa shape index (κ2) is 6.14. The fourth-order valence-corrected chi connectivity index (χ4v) is 2.72. The van der Waals surface area contributed by atoms with Gasteiger partial charge >= 0.3 is 5.97 Å². The normalized spacial score (nSPS) is 14.3. The molecule has 2 rings (SSSR count). The van der Waals surface area contributed by atoms with E-state index in [2.05, 4.69) is 0 Å². The maximum atomic E-state index is 11.3. The number of hydrogen-bond donors (Lipinski definition) is 2. The van der Waals surface area contributed by atoms with Crippen molar-refractivity contribution in [1.82, 2.24) is 0 Å². The Hall–Kier alpha value is -1.43. The van der Waals surface area contributed by atoms with Crippen LogP contribution in [-0.2, 0) is 9.53 Å². The van der Waals surface area contributed by atoms with Crippen molar-refractivity contribution < 1.29 is 19.7 Å². The van der Waals surface area contributed by atoms with Gasteiger partial charge in [0.15, 0.2) is 0 Å². The molecule has 0 aliphatic carbocycles. The van der Waals surface area contributed by atoms with Gasteiger partial charge in [-0.2, -0.15) is 0 Å². The van der Waals surface area contributed by atoms with Crippen molar-refractivity contribution in [2.45, 2.75) is 25.6 Å². The Morgan fingerprint density at radius 2 is 2.16 bits per heavy atom. The molecule has 0 bridgehead atoms. The molecule has 5 heteroatoms. The van der Waals surface area contributed by atoms with Gasteiger partial charge in [0, 0.05) is 4.70 Å². The summed E-state index contributed by atoms with van der Waals surface area (Å²) in [6, 6.07) is 7.47. The van der Waals surface area contributed by atoms with Crippen LogP contribution in [0.15, 0.2) is 29.6 Å². The molecule has 2 atom stereocenters. The van der Waals surface area contributed by atoms with E-state index in [1.165, 1.54) is 0 Å². The summed E-state index contributed by atoms with van der Waals surface area (Å²) in [7, 11) is 0. The molecular formula is C14H16O4S. The molecule has 1 heterocycles. The van der Waals surface area contributed by atoms with Crippen LogP contribution in [0.25, 0.3) is 10.1 Å². The van der Waals surface area contributed by atoms with Gasteiger partial charge in [-0.3, -0.25) is 4.79 Å². The number of thiophene rings is 1. The molecule has 0 saturated heterocycles. The summed E-state index contributed by atoms with van der Waals surface area (Å²) in [5.41, 5.74) is 0.603. The minimum absolute atomic E-state index is 0.211. The van der Waals surface area contributed by atoms with Crippen molar-refractivity contribution >= 4 is 27.4 Å². The monoisotopic (exact) mass is 280 g/mol. The lowest BCUT2D eigenvalue weighted by Gasteiger charge is -2.17. The second-order valence-corrected chi connectivity index (χ2v) is 5.19. The van der Waals surface area contributed by atoms with Gasteiger partial charge in [0.1, 0.15) is 6.10 Å². The number of carbonyl (C=O) groups excluding carboxylic acids is 1. The third-order valence-electron chi connectivity index (χ3n) is 2.87. The second-order valence-electron chi connectivity index (χ2n) is 4.24. The number of hydrogen-bond acceptors (Lipinski definition) is 5. The standard InChI is InChI=1S/C14H16O4S/c1-2-18-13(16)8-11(15)14(17)10-4-3-9-5-6-19-12(9)7-10/h3-7,11,14-15,17H,2,8H2,1H3. The van der Waals surface area contributed by atoms with Crippen molar-refractivity contribution in [1.29, 1.82) is 0 Å². The quantitative estimate of drug-likeness (QED) is 0.824. The number of aliphatic hydroxyl groups is 2. The van der Waals surface area contributed by atoms with E-state index in [4.69, 9.17) is 4.74 Å². The zero-order valence-corrected chi connectivity index (χ0v) is 11.4. The molecule has 0 radical (unpaired) electrons. The minimum atomic E-state index is -1.16. The molecule has 2 N–H and O–H groups in total. The molecule has 0 aliphatic rings. The summed E-state index contributed by atoms with van der Waals surface area (Å²) in [5, 5.41) is 23.0. The van der Waals surface area contributed by atoms with E-state index in [1.54, 1.807) is 24.3 Å². The Balaban J connectivity index is 2.09. The molecule has 4 nitrogen and oxygen atoms in total. The number of benzene rings is 1. The summed E-state index contributed by atoms with van der Waals surface area (Å²) in [5.74, 6) is -0.508. The summed E-state index contributed by atoms with van der Waals surface area (Å²) >= 11 is 1.57. The highest BCUT2D eigenvalue weighted by Crippen LogP contribution is 2.27. The maximum absolute atomic E-state index is 11.3. The van der Waals surface area contributed by atoms with Gasteiger partial charge in [-0.25, -0.2) is 0 Å². The molecule has 1 aromatic heterocycles. The number of fused-ring (bicyclic) bond motifs is 1. The largest absolute Gasteiger partial charge is 0.466 e. The Kier molecular flexibility index (Phi) is 4.52. The van der Waals surface area contributed by atoms with Crippen LogP contribution in [0.5, 0.6) is 0 Å². The summed E-state index contributed by atoms with van der Waals surface area (Å²) < 4.78 is 5.79. The zero-order valence-electron chi connectivity index (χ0n) is 10.6. The smallest absolute Gasteiger partial charge is 0.308 e. The number of carbonyl (C=O) groups is 1. The lowest BCUT2D eigenvalue weighted by atomic mass is 10.0.